The van der Waals surface area contributed by atoms with Crippen LogP contribution in [-0.2, 0) is 14.3 Å². The third kappa shape index (κ3) is 4.47. The summed E-state index contributed by atoms with van der Waals surface area (Å²) >= 11 is 0. The fourth-order valence-corrected chi connectivity index (χ4v) is 1.38. The van der Waals surface area contributed by atoms with E-state index in [0.717, 1.165) is 0 Å². The lowest BCUT2D eigenvalue weighted by molar-refractivity contribution is -0.137. The highest BCUT2D eigenvalue weighted by molar-refractivity contribution is 6.05. The van der Waals surface area contributed by atoms with E-state index in [0.29, 0.717) is 6.42 Å². The maximum absolute atomic E-state index is 11.8. The lowest BCUT2D eigenvalue weighted by Crippen LogP contribution is -2.17. The molecule has 0 aliphatic rings. The highest BCUT2D eigenvalue weighted by atomic mass is 16.6. The predicted octanol–water partition coefficient (Wildman–Crippen LogP) is 1.32. The standard InChI is InChI=1S/C14H16O6/c1-2-12(16)20-14(18)11-7-4-3-6-10(11)13(17)19-9-5-8-15/h3-4,6-7,15H,2,5,8-9H2,1H3. The van der Waals surface area contributed by atoms with Crippen LogP contribution in [0.2, 0.25) is 0 Å². The predicted molar refractivity (Wildman–Crippen MR) is 69.1 cm³/mol. The molecule has 0 radical (unpaired) electrons. The smallest absolute Gasteiger partial charge is 0.346 e. The number of aliphatic hydroxyl groups is 1. The van der Waals surface area contributed by atoms with Crippen molar-refractivity contribution in [1.29, 1.82) is 0 Å². The van der Waals surface area contributed by atoms with E-state index in [1.54, 1.807) is 19.1 Å². The second kappa shape index (κ2) is 8.06. The van der Waals surface area contributed by atoms with Crippen molar-refractivity contribution in [3.05, 3.63) is 35.4 Å². The normalized spacial score (nSPS) is 9.90. The average molecular weight is 280 g/mol. The number of hydrogen-bond acceptors (Lipinski definition) is 6. The van der Waals surface area contributed by atoms with Crippen LogP contribution in [0.1, 0.15) is 40.5 Å². The van der Waals surface area contributed by atoms with E-state index in [1.165, 1.54) is 12.1 Å². The van der Waals surface area contributed by atoms with E-state index in [1.807, 2.05) is 0 Å². The number of esters is 3. The van der Waals surface area contributed by atoms with Gasteiger partial charge in [-0.1, -0.05) is 19.1 Å². The van der Waals surface area contributed by atoms with Crippen molar-refractivity contribution in [2.24, 2.45) is 0 Å². The van der Waals surface area contributed by atoms with Gasteiger partial charge in [0.2, 0.25) is 0 Å². The Bertz CT molecular complexity index is 494. The largest absolute Gasteiger partial charge is 0.462 e. The molecule has 1 rings (SSSR count). The van der Waals surface area contributed by atoms with Crippen LogP contribution in [0.3, 0.4) is 0 Å². The van der Waals surface area contributed by atoms with E-state index in [4.69, 9.17) is 9.84 Å². The molecule has 6 heteroatoms. The average Bonchev–Trinajstić information content (AvgIpc) is 2.47. The number of carbonyl (C=O) groups is 3. The van der Waals surface area contributed by atoms with Gasteiger partial charge < -0.3 is 14.6 Å². The minimum Gasteiger partial charge on any atom is -0.462 e. The first-order chi connectivity index (χ1) is 9.60. The number of aliphatic hydroxyl groups excluding tert-OH is 1. The van der Waals surface area contributed by atoms with Gasteiger partial charge in [0.1, 0.15) is 0 Å². The molecule has 1 aromatic carbocycles. The molecule has 0 saturated heterocycles. The Kier molecular flexibility index (Phi) is 6.39. The van der Waals surface area contributed by atoms with Gasteiger partial charge in [0.05, 0.1) is 17.7 Å². The van der Waals surface area contributed by atoms with Crippen LogP contribution in [0, 0.1) is 0 Å². The molecule has 0 saturated carbocycles. The maximum Gasteiger partial charge on any atom is 0.346 e. The first-order valence-corrected chi connectivity index (χ1v) is 6.22. The highest BCUT2D eigenvalue weighted by Crippen LogP contribution is 2.12. The summed E-state index contributed by atoms with van der Waals surface area (Å²) < 4.78 is 9.48. The van der Waals surface area contributed by atoms with Crippen molar-refractivity contribution in [3.63, 3.8) is 0 Å². The van der Waals surface area contributed by atoms with Crippen LogP contribution in [0.5, 0.6) is 0 Å². The van der Waals surface area contributed by atoms with Gasteiger partial charge >= 0.3 is 17.9 Å². The number of rotatable bonds is 6. The Labute approximate surface area is 116 Å². The Morgan fingerprint density at radius 1 is 1.10 bits per heavy atom. The molecule has 0 unspecified atom stereocenters. The topological polar surface area (TPSA) is 89.9 Å². The van der Waals surface area contributed by atoms with E-state index < -0.39 is 17.9 Å². The lowest BCUT2D eigenvalue weighted by Gasteiger charge is -2.08. The van der Waals surface area contributed by atoms with Crippen LogP contribution < -0.4 is 0 Å². The van der Waals surface area contributed by atoms with E-state index in [9.17, 15) is 14.4 Å². The van der Waals surface area contributed by atoms with Crippen molar-refractivity contribution >= 4 is 17.9 Å². The van der Waals surface area contributed by atoms with Crippen LogP contribution in [-0.4, -0.2) is 36.2 Å². The summed E-state index contributed by atoms with van der Waals surface area (Å²) in [6.45, 7) is 1.51. The molecule has 0 amide bonds. The van der Waals surface area contributed by atoms with Gasteiger partial charge in [-0.15, -0.1) is 0 Å². The molecule has 0 fully saturated rings. The summed E-state index contributed by atoms with van der Waals surface area (Å²) in [6.07, 6.45) is 0.377. The molecule has 1 aromatic rings. The van der Waals surface area contributed by atoms with E-state index in [-0.39, 0.29) is 30.8 Å². The van der Waals surface area contributed by atoms with E-state index >= 15 is 0 Å². The summed E-state index contributed by atoms with van der Waals surface area (Å²) in [5.41, 5.74) is 0.00245. The second-order valence-electron chi connectivity index (χ2n) is 3.87. The highest BCUT2D eigenvalue weighted by Gasteiger charge is 2.20. The lowest BCUT2D eigenvalue weighted by atomic mass is 10.1. The minimum absolute atomic E-state index is 0.0247. The summed E-state index contributed by atoms with van der Waals surface area (Å²) in [7, 11) is 0. The summed E-state index contributed by atoms with van der Waals surface area (Å²) in [5, 5.41) is 8.62. The van der Waals surface area contributed by atoms with Crippen molar-refractivity contribution in [2.45, 2.75) is 19.8 Å². The van der Waals surface area contributed by atoms with Crippen molar-refractivity contribution in [1.82, 2.24) is 0 Å². The molecular formula is C14H16O6. The maximum atomic E-state index is 11.8. The quantitative estimate of drug-likeness (QED) is 0.480. The second-order valence-corrected chi connectivity index (χ2v) is 3.87. The SMILES string of the molecule is CCC(=O)OC(=O)c1ccccc1C(=O)OCCCO. The third-order valence-electron chi connectivity index (χ3n) is 2.40. The van der Waals surface area contributed by atoms with Gasteiger partial charge in [0, 0.05) is 19.4 Å². The summed E-state index contributed by atoms with van der Waals surface area (Å²) in [4.78, 5) is 34.7. The monoisotopic (exact) mass is 280 g/mol. The molecule has 0 aliphatic carbocycles. The molecule has 0 spiro atoms. The molecule has 0 aromatic heterocycles. The van der Waals surface area contributed by atoms with Crippen LogP contribution >= 0.6 is 0 Å². The van der Waals surface area contributed by atoms with Crippen LogP contribution in [0.15, 0.2) is 24.3 Å². The van der Waals surface area contributed by atoms with Crippen LogP contribution in [0.4, 0.5) is 0 Å². The Morgan fingerprint density at radius 2 is 1.70 bits per heavy atom. The van der Waals surface area contributed by atoms with Gasteiger partial charge in [-0.25, -0.2) is 9.59 Å². The zero-order chi connectivity index (χ0) is 15.0. The fourth-order valence-electron chi connectivity index (χ4n) is 1.38. The zero-order valence-corrected chi connectivity index (χ0v) is 11.1. The Balaban J connectivity index is 2.84. The number of hydrogen-bond donors (Lipinski definition) is 1. The van der Waals surface area contributed by atoms with Gasteiger partial charge in [-0.2, -0.15) is 0 Å². The minimum atomic E-state index is -0.883. The first-order valence-electron chi connectivity index (χ1n) is 6.22. The molecule has 0 aliphatic heterocycles. The third-order valence-corrected chi connectivity index (χ3v) is 2.40. The summed E-state index contributed by atoms with van der Waals surface area (Å²) in [6, 6.07) is 5.92. The molecule has 20 heavy (non-hydrogen) atoms. The fraction of sp³-hybridized carbons (Fsp3) is 0.357. The number of carbonyl (C=O) groups excluding carboxylic acids is 3. The molecular weight excluding hydrogens is 264 g/mol. The van der Waals surface area contributed by atoms with Crippen LogP contribution in [0.25, 0.3) is 0 Å². The molecule has 0 heterocycles. The Hall–Kier alpha value is -2.21. The van der Waals surface area contributed by atoms with Gasteiger partial charge in [0.25, 0.3) is 0 Å². The molecule has 108 valence electrons. The van der Waals surface area contributed by atoms with Crippen molar-refractivity contribution in [3.8, 4) is 0 Å². The van der Waals surface area contributed by atoms with Gasteiger partial charge in [-0.3, -0.25) is 4.79 Å². The molecule has 0 atom stereocenters. The van der Waals surface area contributed by atoms with Gasteiger partial charge in [0.15, 0.2) is 0 Å². The number of ether oxygens (including phenoxy) is 2. The van der Waals surface area contributed by atoms with Gasteiger partial charge in [-0.05, 0) is 12.1 Å². The molecule has 0 bridgehead atoms. The number of benzene rings is 1. The summed E-state index contributed by atoms with van der Waals surface area (Å²) in [5.74, 6) is -2.25. The zero-order valence-electron chi connectivity index (χ0n) is 11.1. The first kappa shape index (κ1) is 15.8. The van der Waals surface area contributed by atoms with Crippen molar-refractivity contribution in [2.75, 3.05) is 13.2 Å². The van der Waals surface area contributed by atoms with E-state index in [2.05, 4.69) is 4.74 Å². The molecule has 6 nitrogen and oxygen atoms in total. The Morgan fingerprint density at radius 3 is 2.25 bits per heavy atom. The molecule has 1 N–H and O–H groups in total. The van der Waals surface area contributed by atoms with Crippen molar-refractivity contribution < 1.29 is 29.0 Å².